The summed E-state index contributed by atoms with van der Waals surface area (Å²) in [7, 11) is 1.68. The summed E-state index contributed by atoms with van der Waals surface area (Å²) in [5.74, 6) is 2.59. The third-order valence-corrected chi connectivity index (χ3v) is 3.56. The summed E-state index contributed by atoms with van der Waals surface area (Å²) in [6.45, 7) is 8.24. The zero-order chi connectivity index (χ0) is 15.7. The van der Waals surface area contributed by atoms with E-state index in [4.69, 9.17) is 10.5 Å². The summed E-state index contributed by atoms with van der Waals surface area (Å²) < 4.78 is 5.17. The molecule has 4 heteroatoms. The van der Waals surface area contributed by atoms with Crippen LogP contribution in [0, 0.1) is 5.92 Å². The van der Waals surface area contributed by atoms with E-state index in [0.717, 1.165) is 31.7 Å². The Hall–Kier alpha value is -1.71. The summed E-state index contributed by atoms with van der Waals surface area (Å²) in [4.78, 5) is 4.38. The maximum absolute atomic E-state index is 5.85. The SMILES string of the molecule is COc1ccc(C(C)CCN=C(N)NCCC(C)C)cc1. The molecule has 4 nitrogen and oxygen atoms in total. The molecule has 0 aliphatic heterocycles. The van der Waals surface area contributed by atoms with Crippen LogP contribution in [0.2, 0.25) is 0 Å². The van der Waals surface area contributed by atoms with Crippen molar-refractivity contribution in [2.75, 3.05) is 20.2 Å². The van der Waals surface area contributed by atoms with Gasteiger partial charge in [-0.25, -0.2) is 0 Å². The van der Waals surface area contributed by atoms with Crippen molar-refractivity contribution in [2.24, 2.45) is 16.6 Å². The number of rotatable bonds is 8. The van der Waals surface area contributed by atoms with E-state index in [9.17, 15) is 0 Å². The largest absolute Gasteiger partial charge is 0.497 e. The molecule has 1 aromatic carbocycles. The van der Waals surface area contributed by atoms with E-state index in [1.807, 2.05) is 12.1 Å². The zero-order valence-corrected chi connectivity index (χ0v) is 13.7. The molecular weight excluding hydrogens is 262 g/mol. The lowest BCUT2D eigenvalue weighted by Gasteiger charge is -2.12. The van der Waals surface area contributed by atoms with E-state index in [1.165, 1.54) is 5.56 Å². The van der Waals surface area contributed by atoms with E-state index >= 15 is 0 Å². The van der Waals surface area contributed by atoms with Crippen LogP contribution in [-0.4, -0.2) is 26.2 Å². The predicted octanol–water partition coefficient (Wildman–Crippen LogP) is 3.14. The minimum absolute atomic E-state index is 0.461. The Morgan fingerprint density at radius 3 is 2.43 bits per heavy atom. The summed E-state index contributed by atoms with van der Waals surface area (Å²) in [5, 5.41) is 3.15. The molecule has 1 atom stereocenters. The van der Waals surface area contributed by atoms with Gasteiger partial charge in [-0.05, 0) is 42.4 Å². The maximum atomic E-state index is 5.85. The van der Waals surface area contributed by atoms with E-state index in [2.05, 4.69) is 43.2 Å². The van der Waals surface area contributed by atoms with Gasteiger partial charge in [0.2, 0.25) is 0 Å². The number of ether oxygens (including phenoxy) is 1. The lowest BCUT2D eigenvalue weighted by atomic mass is 9.98. The highest BCUT2D eigenvalue weighted by molar-refractivity contribution is 5.77. The third-order valence-electron chi connectivity index (χ3n) is 3.56. The van der Waals surface area contributed by atoms with Gasteiger partial charge in [-0.3, -0.25) is 4.99 Å². The summed E-state index contributed by atoms with van der Waals surface area (Å²) in [6.07, 6.45) is 2.09. The molecule has 0 amide bonds. The summed E-state index contributed by atoms with van der Waals surface area (Å²) in [6, 6.07) is 8.21. The number of aliphatic imine (C=N–C) groups is 1. The molecule has 1 unspecified atom stereocenters. The first-order valence-electron chi connectivity index (χ1n) is 7.70. The minimum Gasteiger partial charge on any atom is -0.497 e. The molecule has 1 aromatic rings. The molecule has 0 spiro atoms. The fourth-order valence-corrected chi connectivity index (χ4v) is 2.02. The monoisotopic (exact) mass is 291 g/mol. The molecule has 1 rings (SSSR count). The van der Waals surface area contributed by atoms with E-state index in [0.29, 0.717) is 17.8 Å². The van der Waals surface area contributed by atoms with Crippen molar-refractivity contribution >= 4 is 5.96 Å². The van der Waals surface area contributed by atoms with E-state index in [1.54, 1.807) is 7.11 Å². The van der Waals surface area contributed by atoms with Crippen LogP contribution in [-0.2, 0) is 0 Å². The number of nitrogens with two attached hydrogens (primary N) is 1. The first-order chi connectivity index (χ1) is 10.0. The smallest absolute Gasteiger partial charge is 0.188 e. The van der Waals surface area contributed by atoms with Gasteiger partial charge < -0.3 is 15.8 Å². The molecule has 0 aromatic heterocycles. The predicted molar refractivity (Wildman–Crippen MR) is 90.0 cm³/mol. The number of hydrogen-bond donors (Lipinski definition) is 2. The molecule has 3 N–H and O–H groups in total. The van der Waals surface area contributed by atoms with Gasteiger partial charge in [0, 0.05) is 13.1 Å². The van der Waals surface area contributed by atoms with Crippen LogP contribution in [0.1, 0.15) is 45.1 Å². The fraction of sp³-hybridized carbons (Fsp3) is 0.588. The highest BCUT2D eigenvalue weighted by atomic mass is 16.5. The van der Waals surface area contributed by atoms with Crippen LogP contribution >= 0.6 is 0 Å². The van der Waals surface area contributed by atoms with Crippen LogP contribution in [0.3, 0.4) is 0 Å². The van der Waals surface area contributed by atoms with Crippen LogP contribution in [0.5, 0.6) is 5.75 Å². The second kappa shape index (κ2) is 9.27. The molecular formula is C17H29N3O. The molecule has 0 aliphatic carbocycles. The van der Waals surface area contributed by atoms with E-state index < -0.39 is 0 Å². The Kier molecular flexibility index (Phi) is 7.65. The van der Waals surface area contributed by atoms with Crippen LogP contribution in [0.4, 0.5) is 0 Å². The average Bonchev–Trinajstić information content (AvgIpc) is 2.46. The average molecular weight is 291 g/mol. The van der Waals surface area contributed by atoms with Crippen molar-refractivity contribution in [3.8, 4) is 5.75 Å². The Morgan fingerprint density at radius 1 is 1.19 bits per heavy atom. The van der Waals surface area contributed by atoms with Gasteiger partial charge in [0.1, 0.15) is 5.75 Å². The Morgan fingerprint density at radius 2 is 1.86 bits per heavy atom. The van der Waals surface area contributed by atoms with Gasteiger partial charge in [-0.2, -0.15) is 0 Å². The van der Waals surface area contributed by atoms with Gasteiger partial charge in [0.15, 0.2) is 5.96 Å². The number of methoxy groups -OCH3 is 1. The Bertz CT molecular complexity index is 426. The second-order valence-electron chi connectivity index (χ2n) is 5.84. The number of nitrogens with one attached hydrogen (secondary N) is 1. The Balaban J connectivity index is 2.32. The Labute approximate surface area is 128 Å². The lowest BCUT2D eigenvalue weighted by Crippen LogP contribution is -2.33. The van der Waals surface area contributed by atoms with Crippen molar-refractivity contribution in [1.82, 2.24) is 5.32 Å². The van der Waals surface area contributed by atoms with Crippen molar-refractivity contribution in [2.45, 2.75) is 39.5 Å². The highest BCUT2D eigenvalue weighted by Gasteiger charge is 2.05. The molecule has 0 aliphatic rings. The van der Waals surface area contributed by atoms with Crippen molar-refractivity contribution in [3.63, 3.8) is 0 Å². The van der Waals surface area contributed by atoms with Crippen LogP contribution < -0.4 is 15.8 Å². The lowest BCUT2D eigenvalue weighted by molar-refractivity contribution is 0.414. The molecule has 118 valence electrons. The maximum Gasteiger partial charge on any atom is 0.188 e. The highest BCUT2D eigenvalue weighted by Crippen LogP contribution is 2.21. The second-order valence-corrected chi connectivity index (χ2v) is 5.84. The van der Waals surface area contributed by atoms with Crippen LogP contribution in [0.25, 0.3) is 0 Å². The molecule has 0 saturated heterocycles. The van der Waals surface area contributed by atoms with Gasteiger partial charge in [0.05, 0.1) is 7.11 Å². The number of nitrogens with zero attached hydrogens (tertiary/aromatic N) is 1. The molecule has 0 saturated carbocycles. The zero-order valence-electron chi connectivity index (χ0n) is 13.7. The topological polar surface area (TPSA) is 59.6 Å². The van der Waals surface area contributed by atoms with Gasteiger partial charge in [-0.1, -0.05) is 32.9 Å². The van der Waals surface area contributed by atoms with Crippen molar-refractivity contribution < 1.29 is 4.74 Å². The fourth-order valence-electron chi connectivity index (χ4n) is 2.02. The molecule has 21 heavy (non-hydrogen) atoms. The number of benzene rings is 1. The van der Waals surface area contributed by atoms with E-state index in [-0.39, 0.29) is 0 Å². The minimum atomic E-state index is 0.461. The standard InChI is InChI=1S/C17H29N3O/c1-13(2)9-11-19-17(18)20-12-10-14(3)15-5-7-16(21-4)8-6-15/h5-8,13-14H,9-12H2,1-4H3,(H3,18,19,20). The van der Waals surface area contributed by atoms with Gasteiger partial charge in [-0.15, -0.1) is 0 Å². The molecule has 0 heterocycles. The molecule has 0 fully saturated rings. The van der Waals surface area contributed by atoms with Crippen LogP contribution in [0.15, 0.2) is 29.3 Å². The van der Waals surface area contributed by atoms with Gasteiger partial charge >= 0.3 is 0 Å². The molecule has 0 radical (unpaired) electrons. The summed E-state index contributed by atoms with van der Waals surface area (Å²) in [5.41, 5.74) is 7.15. The van der Waals surface area contributed by atoms with Crippen molar-refractivity contribution in [1.29, 1.82) is 0 Å². The number of guanidine groups is 1. The summed E-state index contributed by atoms with van der Waals surface area (Å²) >= 11 is 0. The first-order valence-corrected chi connectivity index (χ1v) is 7.70. The quantitative estimate of drug-likeness (QED) is 0.571. The number of hydrogen-bond acceptors (Lipinski definition) is 2. The normalized spacial score (nSPS) is 13.3. The van der Waals surface area contributed by atoms with Gasteiger partial charge in [0.25, 0.3) is 0 Å². The van der Waals surface area contributed by atoms with Crippen molar-refractivity contribution in [3.05, 3.63) is 29.8 Å². The molecule has 0 bridgehead atoms. The first kappa shape index (κ1) is 17.3. The third kappa shape index (κ3) is 7.02.